The summed E-state index contributed by atoms with van der Waals surface area (Å²) in [5.41, 5.74) is 2.09. The summed E-state index contributed by atoms with van der Waals surface area (Å²) in [7, 11) is 1.63. The molecule has 1 unspecified atom stereocenters. The van der Waals surface area contributed by atoms with E-state index in [-0.39, 0.29) is 17.3 Å². The fourth-order valence-corrected chi connectivity index (χ4v) is 1.94. The van der Waals surface area contributed by atoms with Gasteiger partial charge >= 0.3 is 0 Å². The van der Waals surface area contributed by atoms with Gasteiger partial charge in [-0.05, 0) is 26.8 Å². The molecule has 0 radical (unpaired) electrons. The zero-order chi connectivity index (χ0) is 14.7. The zero-order valence-electron chi connectivity index (χ0n) is 11.5. The van der Waals surface area contributed by atoms with Gasteiger partial charge in [0.05, 0.1) is 0 Å². The van der Waals surface area contributed by atoms with Gasteiger partial charge in [-0.3, -0.25) is 20.1 Å². The van der Waals surface area contributed by atoms with Gasteiger partial charge in [0.15, 0.2) is 6.23 Å². The molecule has 19 heavy (non-hydrogen) atoms. The minimum absolute atomic E-state index is 0.0190. The van der Waals surface area contributed by atoms with Gasteiger partial charge in [0, 0.05) is 24.8 Å². The molecule has 0 aromatic carbocycles. The Labute approximate surface area is 117 Å². The lowest BCUT2D eigenvalue weighted by molar-refractivity contribution is -0.125. The van der Waals surface area contributed by atoms with Gasteiger partial charge in [-0.25, -0.2) is 0 Å². The predicted octanol–water partition coefficient (Wildman–Crippen LogP) is 2.06. The molecule has 0 fully saturated rings. The summed E-state index contributed by atoms with van der Waals surface area (Å²) in [6, 6.07) is 0. The van der Waals surface area contributed by atoms with Gasteiger partial charge in [0.1, 0.15) is 10.9 Å². The molecule has 104 valence electrons. The summed E-state index contributed by atoms with van der Waals surface area (Å²) in [5, 5.41) is 17.8. The Balaban J connectivity index is 2.87. The normalized spacial score (nSPS) is 20.1. The van der Waals surface area contributed by atoms with Gasteiger partial charge in [-0.1, -0.05) is 17.2 Å². The summed E-state index contributed by atoms with van der Waals surface area (Å²) in [5.74, 6) is -0.560. The molecule has 6 heteroatoms. The number of nitrogens with zero attached hydrogens (tertiary/aromatic N) is 2. The maximum atomic E-state index is 11.8. The predicted molar refractivity (Wildman–Crippen MR) is 76.5 cm³/mol. The Kier molecular flexibility index (Phi) is 5.03. The van der Waals surface area contributed by atoms with E-state index in [1.165, 1.54) is 0 Å². The van der Waals surface area contributed by atoms with Gasteiger partial charge in [0.25, 0.3) is 5.91 Å². The number of aliphatic hydroxyl groups is 1. The summed E-state index contributed by atoms with van der Waals surface area (Å²) in [6.45, 7) is 5.42. The van der Waals surface area contributed by atoms with E-state index in [1.807, 2.05) is 19.9 Å². The standard InChI is InChI=1S/C13H18ClN3O2/c1-7(2)5-9(16-4)6-10(15)17-12(18)8(3)11(14)13(17)19/h5,12,15,18H,6H2,1-4H3. The van der Waals surface area contributed by atoms with E-state index in [9.17, 15) is 9.90 Å². The van der Waals surface area contributed by atoms with E-state index in [0.717, 1.165) is 10.5 Å². The highest BCUT2D eigenvalue weighted by Crippen LogP contribution is 2.27. The fourth-order valence-electron chi connectivity index (χ4n) is 1.75. The molecule has 0 saturated carbocycles. The molecule has 1 rings (SSSR count). The van der Waals surface area contributed by atoms with Crippen LogP contribution in [-0.4, -0.2) is 40.7 Å². The van der Waals surface area contributed by atoms with Gasteiger partial charge < -0.3 is 5.11 Å². The Morgan fingerprint density at radius 3 is 2.53 bits per heavy atom. The number of amides is 1. The number of amidine groups is 1. The van der Waals surface area contributed by atoms with Crippen molar-refractivity contribution in [2.45, 2.75) is 33.4 Å². The van der Waals surface area contributed by atoms with E-state index in [2.05, 4.69) is 4.99 Å². The van der Waals surface area contributed by atoms with E-state index in [4.69, 9.17) is 17.0 Å². The lowest BCUT2D eigenvalue weighted by atomic mass is 10.1. The summed E-state index contributed by atoms with van der Waals surface area (Å²) in [6.07, 6.45) is 0.850. The molecule has 5 nitrogen and oxygen atoms in total. The molecule has 2 N–H and O–H groups in total. The molecule has 0 aromatic heterocycles. The number of carbonyl (C=O) groups excluding carboxylic acids is 1. The molecule has 0 aliphatic carbocycles. The Morgan fingerprint density at radius 2 is 2.16 bits per heavy atom. The van der Waals surface area contributed by atoms with Crippen LogP contribution in [-0.2, 0) is 4.79 Å². The lowest BCUT2D eigenvalue weighted by Crippen LogP contribution is -2.40. The third-order valence-corrected chi connectivity index (χ3v) is 3.23. The van der Waals surface area contributed by atoms with Crippen LogP contribution >= 0.6 is 11.6 Å². The molecule has 1 atom stereocenters. The number of hydrogen-bond donors (Lipinski definition) is 2. The third-order valence-electron chi connectivity index (χ3n) is 2.77. The van der Waals surface area contributed by atoms with Crippen molar-refractivity contribution in [3.8, 4) is 0 Å². The van der Waals surface area contributed by atoms with Gasteiger partial charge in [-0.15, -0.1) is 0 Å². The minimum Gasteiger partial charge on any atom is -0.369 e. The SMILES string of the molecule is CN=C(C=C(C)C)CC(=N)N1C(=O)C(Cl)=C(C)C1O. The lowest BCUT2D eigenvalue weighted by Gasteiger charge is -2.22. The Hall–Kier alpha value is -1.46. The van der Waals surface area contributed by atoms with E-state index < -0.39 is 12.1 Å². The van der Waals surface area contributed by atoms with Crippen LogP contribution in [0.1, 0.15) is 27.2 Å². The van der Waals surface area contributed by atoms with E-state index in [1.54, 1.807) is 14.0 Å². The molecular weight excluding hydrogens is 266 g/mol. The van der Waals surface area contributed by atoms with Gasteiger partial charge in [-0.2, -0.15) is 0 Å². The minimum atomic E-state index is -1.16. The number of allylic oxidation sites excluding steroid dienone is 2. The summed E-state index contributed by atoms with van der Waals surface area (Å²) >= 11 is 5.79. The molecule has 0 spiro atoms. The maximum Gasteiger partial charge on any atom is 0.273 e. The van der Waals surface area contributed by atoms with Crippen LogP contribution in [0.4, 0.5) is 0 Å². The number of aliphatic imine (C=N–C) groups is 1. The molecular formula is C13H18ClN3O2. The quantitative estimate of drug-likeness (QED) is 0.614. The third kappa shape index (κ3) is 3.30. The maximum absolute atomic E-state index is 11.8. The van der Waals surface area contributed by atoms with Gasteiger partial charge in [0.2, 0.25) is 0 Å². The van der Waals surface area contributed by atoms with Crippen molar-refractivity contribution in [1.29, 1.82) is 5.41 Å². The highest BCUT2D eigenvalue weighted by molar-refractivity contribution is 6.44. The van der Waals surface area contributed by atoms with Crippen molar-refractivity contribution < 1.29 is 9.90 Å². The van der Waals surface area contributed by atoms with Crippen LogP contribution in [0.3, 0.4) is 0 Å². The van der Waals surface area contributed by atoms with Crippen molar-refractivity contribution in [2.24, 2.45) is 4.99 Å². The number of rotatable bonds is 3. The second-order valence-corrected chi connectivity index (χ2v) is 4.98. The number of aliphatic hydroxyl groups excluding tert-OH is 1. The average molecular weight is 284 g/mol. The first-order chi connectivity index (χ1) is 8.79. The van der Waals surface area contributed by atoms with E-state index in [0.29, 0.717) is 11.3 Å². The fraction of sp³-hybridized carbons (Fsp3) is 0.462. The zero-order valence-corrected chi connectivity index (χ0v) is 12.2. The largest absolute Gasteiger partial charge is 0.369 e. The molecule has 1 aliphatic rings. The van der Waals surface area contributed by atoms with Crippen LogP contribution in [0.5, 0.6) is 0 Å². The van der Waals surface area contributed by atoms with Crippen molar-refractivity contribution >= 4 is 29.1 Å². The Morgan fingerprint density at radius 1 is 1.58 bits per heavy atom. The Bertz CT molecular complexity index is 502. The van der Waals surface area contributed by atoms with Crippen LogP contribution in [0.25, 0.3) is 0 Å². The molecule has 1 aliphatic heterocycles. The highest BCUT2D eigenvalue weighted by Gasteiger charge is 2.37. The number of halogens is 1. The van der Waals surface area contributed by atoms with Crippen LogP contribution in [0, 0.1) is 5.41 Å². The number of nitrogens with one attached hydrogen (secondary N) is 1. The average Bonchev–Trinajstić information content (AvgIpc) is 2.52. The number of carbonyl (C=O) groups is 1. The van der Waals surface area contributed by atoms with Crippen molar-refractivity contribution in [3.05, 3.63) is 22.3 Å². The van der Waals surface area contributed by atoms with Crippen LogP contribution < -0.4 is 0 Å². The monoisotopic (exact) mass is 283 g/mol. The first-order valence-electron chi connectivity index (χ1n) is 5.85. The second kappa shape index (κ2) is 6.12. The molecule has 0 aromatic rings. The number of hydrogen-bond acceptors (Lipinski definition) is 4. The van der Waals surface area contributed by atoms with Crippen molar-refractivity contribution in [3.63, 3.8) is 0 Å². The first-order valence-corrected chi connectivity index (χ1v) is 6.23. The molecule has 0 saturated heterocycles. The molecule has 0 bridgehead atoms. The van der Waals surface area contributed by atoms with Crippen molar-refractivity contribution in [2.75, 3.05) is 7.05 Å². The molecule has 1 amide bonds. The first kappa shape index (κ1) is 15.6. The summed E-state index contributed by atoms with van der Waals surface area (Å²) < 4.78 is 0. The second-order valence-electron chi connectivity index (χ2n) is 4.61. The van der Waals surface area contributed by atoms with Crippen molar-refractivity contribution in [1.82, 2.24) is 4.90 Å². The van der Waals surface area contributed by atoms with E-state index >= 15 is 0 Å². The van der Waals surface area contributed by atoms with Crippen LogP contribution in [0.15, 0.2) is 27.2 Å². The summed E-state index contributed by atoms with van der Waals surface area (Å²) in [4.78, 5) is 16.9. The topological polar surface area (TPSA) is 76.8 Å². The smallest absolute Gasteiger partial charge is 0.273 e. The van der Waals surface area contributed by atoms with Crippen LogP contribution in [0.2, 0.25) is 0 Å². The molecule has 1 heterocycles. The highest BCUT2D eigenvalue weighted by atomic mass is 35.5.